The summed E-state index contributed by atoms with van der Waals surface area (Å²) in [5.74, 6) is 0.0429. The molecular formula is C12H12O2. The minimum atomic E-state index is -0.536. The smallest absolute Gasteiger partial charge is 0.189 e. The third-order valence-corrected chi connectivity index (χ3v) is 2.33. The van der Waals surface area contributed by atoms with Crippen molar-refractivity contribution in [2.75, 3.05) is 6.61 Å². The van der Waals surface area contributed by atoms with Gasteiger partial charge in [0.2, 0.25) is 0 Å². The van der Waals surface area contributed by atoms with Crippen molar-refractivity contribution in [1.82, 2.24) is 0 Å². The molecule has 0 saturated carbocycles. The SMILES string of the molecule is CC1(C(=O)/C=C/c2ccccc2)CO1. The fourth-order valence-corrected chi connectivity index (χ4v) is 1.16. The highest BCUT2D eigenvalue weighted by molar-refractivity contribution is 6.01. The van der Waals surface area contributed by atoms with Gasteiger partial charge < -0.3 is 4.74 Å². The lowest BCUT2D eigenvalue weighted by Crippen LogP contribution is -2.17. The summed E-state index contributed by atoms with van der Waals surface area (Å²) in [4.78, 5) is 11.5. The van der Waals surface area contributed by atoms with Crippen molar-refractivity contribution in [2.24, 2.45) is 0 Å². The van der Waals surface area contributed by atoms with Crippen LogP contribution >= 0.6 is 0 Å². The van der Waals surface area contributed by atoms with Gasteiger partial charge >= 0.3 is 0 Å². The van der Waals surface area contributed by atoms with Gasteiger partial charge in [-0.05, 0) is 18.6 Å². The summed E-state index contributed by atoms with van der Waals surface area (Å²) in [5, 5.41) is 0. The molecule has 1 fully saturated rings. The van der Waals surface area contributed by atoms with Gasteiger partial charge in [0.25, 0.3) is 0 Å². The maximum atomic E-state index is 11.5. The van der Waals surface area contributed by atoms with E-state index in [-0.39, 0.29) is 5.78 Å². The minimum absolute atomic E-state index is 0.0429. The Bertz CT molecular complexity index is 361. The second-order valence-electron chi connectivity index (χ2n) is 3.63. The van der Waals surface area contributed by atoms with Crippen molar-refractivity contribution >= 4 is 11.9 Å². The number of carbonyl (C=O) groups excluding carboxylic acids is 1. The zero-order chi connectivity index (χ0) is 10.0. The summed E-state index contributed by atoms with van der Waals surface area (Å²) in [6.07, 6.45) is 3.40. The lowest BCUT2D eigenvalue weighted by atomic mass is 10.1. The van der Waals surface area contributed by atoms with Gasteiger partial charge in [0, 0.05) is 0 Å². The summed E-state index contributed by atoms with van der Waals surface area (Å²) in [6.45, 7) is 2.36. The Morgan fingerprint density at radius 1 is 1.43 bits per heavy atom. The Labute approximate surface area is 83.2 Å². The molecule has 1 aromatic rings. The molecule has 0 bridgehead atoms. The standard InChI is InChI=1S/C12H12O2/c1-12(9-14-12)11(13)8-7-10-5-3-2-4-6-10/h2-8H,9H2,1H3/b8-7+. The van der Waals surface area contributed by atoms with E-state index in [0.29, 0.717) is 6.61 Å². The number of hydrogen-bond acceptors (Lipinski definition) is 2. The number of ketones is 1. The van der Waals surface area contributed by atoms with E-state index in [1.54, 1.807) is 6.08 Å². The molecule has 1 saturated heterocycles. The summed E-state index contributed by atoms with van der Waals surface area (Å²) >= 11 is 0. The molecule has 1 atom stereocenters. The quantitative estimate of drug-likeness (QED) is 0.536. The van der Waals surface area contributed by atoms with E-state index in [0.717, 1.165) is 5.56 Å². The number of ether oxygens (including phenoxy) is 1. The molecule has 72 valence electrons. The summed E-state index contributed by atoms with van der Waals surface area (Å²) in [7, 11) is 0. The fraction of sp³-hybridized carbons (Fsp3) is 0.250. The summed E-state index contributed by atoms with van der Waals surface area (Å²) < 4.78 is 5.05. The predicted octanol–water partition coefficient (Wildman–Crippen LogP) is 2.06. The molecule has 1 unspecified atom stereocenters. The summed E-state index contributed by atoms with van der Waals surface area (Å²) in [6, 6.07) is 9.75. The van der Waals surface area contributed by atoms with Gasteiger partial charge in [-0.3, -0.25) is 4.79 Å². The molecule has 14 heavy (non-hydrogen) atoms. The number of epoxide rings is 1. The van der Waals surface area contributed by atoms with Gasteiger partial charge in [0.15, 0.2) is 11.4 Å². The average Bonchev–Trinajstić information content (AvgIpc) is 2.96. The molecule has 0 aromatic heterocycles. The maximum absolute atomic E-state index is 11.5. The van der Waals surface area contributed by atoms with Crippen LogP contribution in [0.4, 0.5) is 0 Å². The minimum Gasteiger partial charge on any atom is -0.361 e. The van der Waals surface area contributed by atoms with Crippen molar-refractivity contribution in [3.63, 3.8) is 0 Å². The van der Waals surface area contributed by atoms with Gasteiger partial charge in [-0.25, -0.2) is 0 Å². The maximum Gasteiger partial charge on any atom is 0.189 e. The zero-order valence-corrected chi connectivity index (χ0v) is 8.07. The van der Waals surface area contributed by atoms with E-state index in [1.807, 2.05) is 43.3 Å². The Morgan fingerprint density at radius 2 is 2.07 bits per heavy atom. The average molecular weight is 188 g/mol. The monoisotopic (exact) mass is 188 g/mol. The number of rotatable bonds is 3. The van der Waals surface area contributed by atoms with Crippen molar-refractivity contribution in [3.05, 3.63) is 42.0 Å². The molecule has 2 nitrogen and oxygen atoms in total. The molecule has 0 spiro atoms. The third kappa shape index (κ3) is 1.91. The van der Waals surface area contributed by atoms with Gasteiger partial charge in [-0.15, -0.1) is 0 Å². The van der Waals surface area contributed by atoms with Crippen LogP contribution in [0.15, 0.2) is 36.4 Å². The first kappa shape index (κ1) is 9.16. The van der Waals surface area contributed by atoms with Crippen molar-refractivity contribution in [3.8, 4) is 0 Å². The van der Waals surface area contributed by atoms with Crippen LogP contribution in [0.3, 0.4) is 0 Å². The molecule has 0 aliphatic carbocycles. The van der Waals surface area contributed by atoms with Crippen molar-refractivity contribution < 1.29 is 9.53 Å². The zero-order valence-electron chi connectivity index (χ0n) is 8.07. The van der Waals surface area contributed by atoms with Crippen LogP contribution in [0.25, 0.3) is 6.08 Å². The van der Waals surface area contributed by atoms with Gasteiger partial charge in [-0.2, -0.15) is 0 Å². The first-order valence-corrected chi connectivity index (χ1v) is 4.62. The number of benzene rings is 1. The lowest BCUT2D eigenvalue weighted by molar-refractivity contribution is -0.118. The van der Waals surface area contributed by atoms with Crippen LogP contribution in [0, 0.1) is 0 Å². The van der Waals surface area contributed by atoms with E-state index in [1.165, 1.54) is 0 Å². The number of carbonyl (C=O) groups is 1. The largest absolute Gasteiger partial charge is 0.361 e. The molecule has 1 aliphatic rings. The highest BCUT2D eigenvalue weighted by Gasteiger charge is 2.45. The Kier molecular flexibility index (Phi) is 2.22. The highest BCUT2D eigenvalue weighted by atomic mass is 16.6. The van der Waals surface area contributed by atoms with Crippen LogP contribution in [0.2, 0.25) is 0 Å². The van der Waals surface area contributed by atoms with Crippen molar-refractivity contribution in [2.45, 2.75) is 12.5 Å². The van der Waals surface area contributed by atoms with Crippen LogP contribution in [-0.4, -0.2) is 18.0 Å². The number of hydrogen-bond donors (Lipinski definition) is 0. The van der Waals surface area contributed by atoms with Crippen LogP contribution in [0.1, 0.15) is 12.5 Å². The Hall–Kier alpha value is -1.41. The second kappa shape index (κ2) is 3.39. The van der Waals surface area contributed by atoms with E-state index in [4.69, 9.17) is 4.74 Å². The van der Waals surface area contributed by atoms with Crippen LogP contribution in [0.5, 0.6) is 0 Å². The predicted molar refractivity (Wildman–Crippen MR) is 54.8 cm³/mol. The molecular weight excluding hydrogens is 176 g/mol. The fourth-order valence-electron chi connectivity index (χ4n) is 1.16. The van der Waals surface area contributed by atoms with Crippen molar-refractivity contribution in [1.29, 1.82) is 0 Å². The van der Waals surface area contributed by atoms with Gasteiger partial charge in [0.1, 0.15) is 0 Å². The Morgan fingerprint density at radius 3 is 2.64 bits per heavy atom. The lowest BCUT2D eigenvalue weighted by Gasteiger charge is -1.97. The van der Waals surface area contributed by atoms with E-state index in [9.17, 15) is 4.79 Å². The first-order valence-electron chi connectivity index (χ1n) is 4.62. The van der Waals surface area contributed by atoms with Gasteiger partial charge in [-0.1, -0.05) is 36.4 Å². The van der Waals surface area contributed by atoms with E-state index in [2.05, 4.69) is 0 Å². The molecule has 2 rings (SSSR count). The first-order chi connectivity index (χ1) is 6.71. The molecule has 0 N–H and O–H groups in total. The molecule has 0 amide bonds. The van der Waals surface area contributed by atoms with Crippen LogP contribution < -0.4 is 0 Å². The third-order valence-electron chi connectivity index (χ3n) is 2.33. The molecule has 0 radical (unpaired) electrons. The van der Waals surface area contributed by atoms with E-state index < -0.39 is 5.60 Å². The Balaban J connectivity index is 2.04. The highest BCUT2D eigenvalue weighted by Crippen LogP contribution is 2.27. The topological polar surface area (TPSA) is 29.6 Å². The van der Waals surface area contributed by atoms with E-state index >= 15 is 0 Å². The van der Waals surface area contributed by atoms with Crippen LogP contribution in [-0.2, 0) is 9.53 Å². The molecule has 1 aromatic carbocycles. The molecule has 2 heteroatoms. The second-order valence-corrected chi connectivity index (χ2v) is 3.63. The normalized spacial score (nSPS) is 25.2. The summed E-state index contributed by atoms with van der Waals surface area (Å²) in [5.41, 5.74) is 0.496. The molecule has 1 aliphatic heterocycles. The molecule has 1 heterocycles. The van der Waals surface area contributed by atoms with Gasteiger partial charge in [0.05, 0.1) is 6.61 Å².